The minimum absolute atomic E-state index is 0.228. The molecule has 0 aliphatic rings. The van der Waals surface area contributed by atoms with Gasteiger partial charge < -0.3 is 10.1 Å². The van der Waals surface area contributed by atoms with Gasteiger partial charge in [-0.25, -0.2) is 4.79 Å². The van der Waals surface area contributed by atoms with Gasteiger partial charge in [-0.05, 0) is 37.3 Å². The lowest BCUT2D eigenvalue weighted by molar-refractivity contribution is -0.145. The smallest absolute Gasteiger partial charge is 0.328 e. The van der Waals surface area contributed by atoms with Crippen molar-refractivity contribution >= 4 is 11.9 Å². The Morgan fingerprint density at radius 2 is 1.59 bits per heavy atom. The molecule has 0 unspecified atom stereocenters. The quantitative estimate of drug-likeness (QED) is 0.415. The van der Waals surface area contributed by atoms with Gasteiger partial charge in [0.25, 0.3) is 0 Å². The Balaban J connectivity index is 2.36. The lowest BCUT2D eigenvalue weighted by Gasteiger charge is -2.31. The summed E-state index contributed by atoms with van der Waals surface area (Å²) >= 11 is 0. The predicted octanol–water partition coefficient (Wildman–Crippen LogP) is 4.01. The van der Waals surface area contributed by atoms with E-state index in [1.165, 1.54) is 7.11 Å². The first kappa shape index (κ1) is 20.4. The molecule has 0 heterocycles. The van der Waals surface area contributed by atoms with E-state index in [9.17, 15) is 9.59 Å². The molecular formula is C23H27NO3. The molecule has 27 heavy (non-hydrogen) atoms. The molecule has 2 aromatic carbocycles. The van der Waals surface area contributed by atoms with Crippen molar-refractivity contribution in [2.24, 2.45) is 0 Å². The molecule has 1 N–H and O–H groups in total. The molecule has 0 saturated heterocycles. The summed E-state index contributed by atoms with van der Waals surface area (Å²) in [5, 5.41) is 2.92. The lowest BCUT2D eigenvalue weighted by Crippen LogP contribution is -2.50. The number of esters is 1. The molecule has 1 amide bonds. The van der Waals surface area contributed by atoms with Crippen LogP contribution in [0.3, 0.4) is 0 Å². The molecule has 0 aromatic heterocycles. The van der Waals surface area contributed by atoms with Gasteiger partial charge in [0.15, 0.2) is 0 Å². The van der Waals surface area contributed by atoms with Crippen LogP contribution in [0.25, 0.3) is 0 Å². The number of nitrogens with one attached hydrogen (secondary N) is 1. The summed E-state index contributed by atoms with van der Waals surface area (Å²) in [4.78, 5) is 25.6. The summed E-state index contributed by atoms with van der Waals surface area (Å²) in [7, 11) is 1.34. The number of hydrogen-bond acceptors (Lipinski definition) is 3. The van der Waals surface area contributed by atoms with Crippen LogP contribution < -0.4 is 5.32 Å². The van der Waals surface area contributed by atoms with Crippen molar-refractivity contribution in [1.82, 2.24) is 5.32 Å². The van der Waals surface area contributed by atoms with Crippen LogP contribution in [-0.2, 0) is 19.7 Å². The zero-order valence-electron chi connectivity index (χ0n) is 16.0. The third-order valence-electron chi connectivity index (χ3n) is 4.85. The number of ether oxygens (including phenoxy) is 1. The highest BCUT2D eigenvalue weighted by Crippen LogP contribution is 2.32. The van der Waals surface area contributed by atoms with Crippen LogP contribution in [0.15, 0.2) is 73.3 Å². The fourth-order valence-corrected chi connectivity index (χ4v) is 3.13. The topological polar surface area (TPSA) is 55.4 Å². The predicted molar refractivity (Wildman–Crippen MR) is 107 cm³/mol. The number of carbonyl (C=O) groups is 2. The largest absolute Gasteiger partial charge is 0.467 e. The van der Waals surface area contributed by atoms with Crippen molar-refractivity contribution in [2.75, 3.05) is 7.11 Å². The van der Waals surface area contributed by atoms with Gasteiger partial charge in [-0.3, -0.25) is 4.79 Å². The molecule has 0 spiro atoms. The fraction of sp³-hybridized carbons (Fsp3) is 0.304. The Morgan fingerprint density at radius 3 is 2.04 bits per heavy atom. The average molecular weight is 365 g/mol. The highest BCUT2D eigenvalue weighted by molar-refractivity contribution is 5.94. The van der Waals surface area contributed by atoms with E-state index in [-0.39, 0.29) is 5.91 Å². The van der Waals surface area contributed by atoms with Gasteiger partial charge in [0, 0.05) is 0 Å². The molecule has 0 radical (unpaired) electrons. The van der Waals surface area contributed by atoms with Crippen LogP contribution >= 0.6 is 0 Å². The molecule has 0 saturated carbocycles. The number of benzene rings is 2. The van der Waals surface area contributed by atoms with Gasteiger partial charge in [-0.15, -0.1) is 6.58 Å². The van der Waals surface area contributed by atoms with Crippen molar-refractivity contribution in [3.63, 3.8) is 0 Å². The Hall–Kier alpha value is -2.88. The highest BCUT2D eigenvalue weighted by Gasteiger charge is 2.38. The summed E-state index contributed by atoms with van der Waals surface area (Å²) in [6.45, 7) is 5.58. The van der Waals surface area contributed by atoms with Crippen molar-refractivity contribution in [2.45, 2.75) is 37.6 Å². The summed E-state index contributed by atoms with van der Waals surface area (Å²) in [5.74, 6) is -0.662. The van der Waals surface area contributed by atoms with E-state index in [4.69, 9.17) is 4.74 Å². The Kier molecular flexibility index (Phi) is 7.35. The Labute approximate surface area is 161 Å². The van der Waals surface area contributed by atoms with Gasteiger partial charge in [-0.2, -0.15) is 0 Å². The van der Waals surface area contributed by atoms with Gasteiger partial charge in [-0.1, -0.05) is 66.7 Å². The molecule has 4 nitrogen and oxygen atoms in total. The number of rotatable bonds is 9. The molecule has 1 atom stereocenters. The average Bonchev–Trinajstić information content (AvgIpc) is 2.73. The van der Waals surface area contributed by atoms with E-state index < -0.39 is 17.4 Å². The van der Waals surface area contributed by atoms with Gasteiger partial charge >= 0.3 is 5.97 Å². The monoisotopic (exact) mass is 365 g/mol. The third kappa shape index (κ3) is 4.85. The first-order valence-corrected chi connectivity index (χ1v) is 9.14. The number of unbranched alkanes of at least 4 members (excludes halogenated alkanes) is 1. The van der Waals surface area contributed by atoms with E-state index in [1.54, 1.807) is 6.08 Å². The zero-order valence-corrected chi connectivity index (χ0v) is 16.0. The van der Waals surface area contributed by atoms with E-state index in [0.717, 1.165) is 24.0 Å². The molecule has 4 heteroatoms. The van der Waals surface area contributed by atoms with Crippen molar-refractivity contribution in [3.8, 4) is 0 Å². The number of allylic oxidation sites excluding steroid dienone is 1. The minimum atomic E-state index is -0.923. The SMILES string of the molecule is C=CCCC[C@@H](NC(=O)C(C)(c1ccccc1)c1ccccc1)C(=O)OC. The molecule has 0 fully saturated rings. The first-order valence-electron chi connectivity index (χ1n) is 9.14. The number of hydrogen-bond donors (Lipinski definition) is 1. The first-order chi connectivity index (χ1) is 13.0. The molecule has 0 bridgehead atoms. The lowest BCUT2D eigenvalue weighted by atomic mass is 9.75. The van der Waals surface area contributed by atoms with E-state index in [1.807, 2.05) is 67.6 Å². The summed E-state index contributed by atoms with van der Waals surface area (Å²) in [6.07, 6.45) is 3.83. The fourth-order valence-electron chi connectivity index (χ4n) is 3.13. The number of carbonyl (C=O) groups excluding carboxylic acids is 2. The van der Waals surface area contributed by atoms with Gasteiger partial charge in [0.05, 0.1) is 12.5 Å². The maximum absolute atomic E-state index is 13.4. The highest BCUT2D eigenvalue weighted by atomic mass is 16.5. The van der Waals surface area contributed by atoms with E-state index in [0.29, 0.717) is 6.42 Å². The maximum Gasteiger partial charge on any atom is 0.328 e. The standard InChI is InChI=1S/C23H27NO3/c1-4-5-8-17-20(21(25)27-3)24-22(26)23(2,18-13-9-6-10-14-18)19-15-11-7-12-16-19/h4,6-7,9-16,20H,1,5,8,17H2,2-3H3,(H,24,26)/t20-/m1/s1. The van der Waals surface area contributed by atoms with Crippen LogP contribution in [0.1, 0.15) is 37.3 Å². The van der Waals surface area contributed by atoms with Crippen LogP contribution in [0.5, 0.6) is 0 Å². The Morgan fingerprint density at radius 1 is 1.07 bits per heavy atom. The van der Waals surface area contributed by atoms with Crippen molar-refractivity contribution in [1.29, 1.82) is 0 Å². The number of methoxy groups -OCH3 is 1. The Bertz CT molecular complexity index is 716. The zero-order chi connectivity index (χ0) is 19.7. The summed E-state index contributed by atoms with van der Waals surface area (Å²) < 4.78 is 4.89. The molecular weight excluding hydrogens is 338 g/mol. The molecule has 2 aromatic rings. The molecule has 2 rings (SSSR count). The minimum Gasteiger partial charge on any atom is -0.467 e. The number of amides is 1. The maximum atomic E-state index is 13.4. The molecule has 0 aliphatic carbocycles. The third-order valence-corrected chi connectivity index (χ3v) is 4.85. The van der Waals surface area contributed by atoms with Gasteiger partial charge in [0.1, 0.15) is 6.04 Å². The van der Waals surface area contributed by atoms with Crippen LogP contribution in [-0.4, -0.2) is 25.0 Å². The summed E-state index contributed by atoms with van der Waals surface area (Å²) in [5.41, 5.74) is 0.805. The van der Waals surface area contributed by atoms with Crippen LogP contribution in [0, 0.1) is 0 Å². The van der Waals surface area contributed by atoms with Crippen LogP contribution in [0.4, 0.5) is 0 Å². The van der Waals surface area contributed by atoms with E-state index >= 15 is 0 Å². The summed E-state index contributed by atoms with van der Waals surface area (Å²) in [6, 6.07) is 18.5. The van der Waals surface area contributed by atoms with Crippen molar-refractivity contribution < 1.29 is 14.3 Å². The second-order valence-electron chi connectivity index (χ2n) is 6.63. The van der Waals surface area contributed by atoms with E-state index in [2.05, 4.69) is 11.9 Å². The second-order valence-corrected chi connectivity index (χ2v) is 6.63. The molecule has 142 valence electrons. The molecule has 0 aliphatic heterocycles. The van der Waals surface area contributed by atoms with Gasteiger partial charge in [0.2, 0.25) is 5.91 Å². The van der Waals surface area contributed by atoms with Crippen molar-refractivity contribution in [3.05, 3.63) is 84.4 Å². The second kappa shape index (κ2) is 9.72. The van der Waals surface area contributed by atoms with Crippen LogP contribution in [0.2, 0.25) is 0 Å². The normalized spacial score (nSPS) is 12.1.